The molecule has 5 aromatic rings. The van der Waals surface area contributed by atoms with Crippen LogP contribution in [-0.2, 0) is 37.0 Å². The van der Waals surface area contributed by atoms with Crippen LogP contribution in [0.4, 0.5) is 0 Å². The van der Waals surface area contributed by atoms with Gasteiger partial charge in [-0.2, -0.15) is 15.3 Å². The van der Waals surface area contributed by atoms with Crippen molar-refractivity contribution < 1.29 is 13.6 Å². The number of aromatic nitrogens is 14. The van der Waals surface area contributed by atoms with E-state index in [4.69, 9.17) is 13.6 Å². The molecule has 19 nitrogen and oxygen atoms in total. The molecule has 0 bridgehead atoms. The second kappa shape index (κ2) is 28.0. The highest BCUT2D eigenvalue weighted by Crippen LogP contribution is 2.20. The van der Waals surface area contributed by atoms with Crippen molar-refractivity contribution in [3.8, 4) is 0 Å². The Hall–Kier alpha value is -4.82. The second-order valence-electron chi connectivity index (χ2n) is 17.6. The summed E-state index contributed by atoms with van der Waals surface area (Å²) in [7, 11) is 2.25. The van der Waals surface area contributed by atoms with Crippen LogP contribution in [0.25, 0.3) is 0 Å². The summed E-state index contributed by atoms with van der Waals surface area (Å²) in [5, 5.41) is 42.2. The van der Waals surface area contributed by atoms with Crippen molar-refractivity contribution in [2.45, 2.75) is 165 Å². The Morgan fingerprint density at radius 1 is 0.726 bits per heavy atom. The average molecular weight is 885 g/mol. The van der Waals surface area contributed by atoms with Gasteiger partial charge in [-0.1, -0.05) is 118 Å². The van der Waals surface area contributed by atoms with Crippen molar-refractivity contribution in [3.63, 3.8) is 0 Å². The van der Waals surface area contributed by atoms with E-state index in [-0.39, 0.29) is 5.79 Å². The molecule has 0 aromatic carbocycles. The molecule has 1 aliphatic heterocycles. The first-order valence-corrected chi connectivity index (χ1v) is 24.9. The average Bonchev–Trinajstić information content (AvgIpc) is 4.05. The third-order valence-corrected chi connectivity index (χ3v) is 10.3. The summed E-state index contributed by atoms with van der Waals surface area (Å²) < 4.78 is 37.7. The number of nitrogens with zero attached hydrogens (tertiary/aromatic N) is 16. The van der Waals surface area contributed by atoms with Gasteiger partial charge in [-0.25, -0.2) is 19.3 Å². The molecule has 20 heteroatoms. The highest BCUT2D eigenvalue weighted by molar-refractivity contribution is 6.77. The van der Waals surface area contributed by atoms with Crippen LogP contribution in [-0.4, -0.2) is 103 Å². The van der Waals surface area contributed by atoms with Crippen molar-refractivity contribution in [3.05, 3.63) is 65.3 Å². The molecule has 0 amide bonds. The highest BCUT2D eigenvalue weighted by atomic mass is 28.3. The predicted molar refractivity (Wildman–Crippen MR) is 249 cm³/mol. The van der Waals surface area contributed by atoms with E-state index in [9.17, 15) is 0 Å². The number of methoxy groups -OCH3 is 1. The number of nitrogens with one attached hydrogen (secondary N) is 1. The molecule has 1 atom stereocenters. The molecule has 0 fully saturated rings. The summed E-state index contributed by atoms with van der Waals surface area (Å²) in [6.45, 7) is 35.1. The maximum Gasteiger partial charge on any atom is 0.150 e. The fourth-order valence-corrected chi connectivity index (χ4v) is 5.61. The maximum absolute atomic E-state index is 7.16. The lowest BCUT2D eigenvalue weighted by Crippen LogP contribution is -2.34. The number of H-pyrrole nitrogens is 1. The lowest BCUT2D eigenvalue weighted by Gasteiger charge is -2.17. The van der Waals surface area contributed by atoms with Gasteiger partial charge in [0, 0.05) is 56.1 Å². The Balaban J connectivity index is 0.000000392. The van der Waals surface area contributed by atoms with E-state index >= 15 is 0 Å². The third kappa shape index (κ3) is 21.3. The van der Waals surface area contributed by atoms with Gasteiger partial charge in [0.2, 0.25) is 0 Å². The zero-order valence-electron chi connectivity index (χ0n) is 44.0. The number of azo groups is 1. The zero-order valence-corrected chi connectivity index (χ0v) is 42.0. The number of hydrogen-bond donors (Lipinski definition) is 1. The monoisotopic (exact) mass is 885 g/mol. The van der Waals surface area contributed by atoms with Gasteiger partial charge in [0.25, 0.3) is 0 Å². The van der Waals surface area contributed by atoms with Crippen molar-refractivity contribution in [2.75, 3.05) is 13.7 Å². The highest BCUT2D eigenvalue weighted by Gasteiger charge is 2.30. The molecule has 6 rings (SSSR count). The van der Waals surface area contributed by atoms with E-state index in [0.717, 1.165) is 44.7 Å². The number of aliphatic imine (C=N–C) groups is 1. The summed E-state index contributed by atoms with van der Waals surface area (Å²) in [5.41, 5.74) is 4.86. The summed E-state index contributed by atoms with van der Waals surface area (Å²) in [4.78, 5) is 8.45. The molecule has 1 aliphatic rings. The minimum Gasteiger partial charge on any atom is -0.362 e. The number of hydrogen-bond acceptors (Lipinski definition) is 14. The van der Waals surface area contributed by atoms with Gasteiger partial charge in [-0.3, -0.25) is 14.5 Å². The van der Waals surface area contributed by atoms with Gasteiger partial charge in [0.05, 0.1) is 35.2 Å². The third-order valence-electron chi connectivity index (χ3n) is 8.55. The molecule has 62 heavy (non-hydrogen) atoms. The van der Waals surface area contributed by atoms with Crippen LogP contribution in [0.2, 0.25) is 19.6 Å². The maximum atomic E-state index is 7.16. The van der Waals surface area contributed by atoms with Crippen LogP contribution in [0.5, 0.6) is 0 Å². The molecular formula is C42H79N17O2Si. The van der Waals surface area contributed by atoms with Crippen molar-refractivity contribution in [1.29, 1.82) is 0 Å². The van der Waals surface area contributed by atoms with Crippen LogP contribution in [0.15, 0.2) is 46.3 Å². The number of rotatable bonds is 12. The minimum atomic E-state index is -2.15. The smallest absolute Gasteiger partial charge is 0.150 e. The van der Waals surface area contributed by atoms with E-state index in [1.807, 2.05) is 53.3 Å². The lowest BCUT2D eigenvalue weighted by molar-refractivity contribution is 0.0778. The number of ether oxygens (including phenoxy) is 2. The van der Waals surface area contributed by atoms with Gasteiger partial charge in [0.1, 0.15) is 45.3 Å². The second-order valence-corrected chi connectivity index (χ2v) is 22.8. The van der Waals surface area contributed by atoms with Gasteiger partial charge in [-0.05, 0) is 43.1 Å². The lowest BCUT2D eigenvalue weighted by atomic mass is 10.1. The molecule has 1 N–H and O–H groups in total. The summed E-state index contributed by atoms with van der Waals surface area (Å²) >= 11 is 0. The van der Waals surface area contributed by atoms with Gasteiger partial charge in [0.15, 0.2) is 0 Å². The van der Waals surface area contributed by atoms with E-state index in [0.29, 0.717) is 55.6 Å². The van der Waals surface area contributed by atoms with Crippen LogP contribution < -0.4 is 0 Å². The fraction of sp³-hybridized carbons (Fsp3) is 0.714. The van der Waals surface area contributed by atoms with Gasteiger partial charge < -0.3 is 9.47 Å². The molecule has 0 radical (unpaired) electrons. The Labute approximate surface area is 376 Å². The zero-order chi connectivity index (χ0) is 49.7. The van der Waals surface area contributed by atoms with Crippen molar-refractivity contribution >= 4 is 13.9 Å². The molecule has 348 valence electrons. The molecule has 1 unspecified atom stereocenters. The summed E-state index contributed by atoms with van der Waals surface area (Å²) in [5.74, 6) is 4.56. The molecule has 5 aromatic heterocycles. The molecule has 0 spiro atoms. The molecule has 0 aliphatic carbocycles. The predicted octanol–water partition coefficient (Wildman–Crippen LogP) is 8.83. The number of amidine groups is 1. The van der Waals surface area contributed by atoms with Gasteiger partial charge in [-0.15, -0.1) is 20.4 Å². The Bertz CT molecular complexity index is 2070. The first kappa shape index (κ1) is 49.8. The van der Waals surface area contributed by atoms with Crippen molar-refractivity contribution in [1.82, 2.24) is 69.9 Å². The van der Waals surface area contributed by atoms with E-state index in [1.165, 1.54) is 6.33 Å². The normalized spacial score (nSPS) is 14.2. The number of aromatic amines is 1. The van der Waals surface area contributed by atoms with Crippen molar-refractivity contribution in [2.24, 2.45) is 35.2 Å². The molecule has 0 saturated carbocycles. The van der Waals surface area contributed by atoms with Crippen LogP contribution >= 0.6 is 0 Å². The quantitative estimate of drug-likeness (QED) is 0.117. The van der Waals surface area contributed by atoms with Crippen LogP contribution in [0.1, 0.15) is 158 Å². The molecule has 0 saturated heterocycles. The standard InChI is InChI=1S/C8H15N3O.C8H17N3Si.C8H14N2.C7H13N3O.C6H11N3.C5H9N3/c1-4-12-6-11-5-8(7(2)3)9-10-11;1-6(2)7-9-8(11-10-7)12(3,4)5;1-6(2)8-5-10(4)9-7(8)3;1-6(2)7-4-10(5-11-3)9-8-7;1-5(2)6-4-9(3)8-7-6;1-4(2)5-6-3-7-8-5/h5,7H,4,6H2,1-3H3;6,8H,1-5H3;5-6H,1-4H3;4,6H,5H2,1-3H3;4-5H,1-3H3;3-4H,1-2H3,(H,6,7,8)/i;;4D3;;;. The Morgan fingerprint density at radius 2 is 1.27 bits per heavy atom. The van der Waals surface area contributed by atoms with Crippen LogP contribution in [0.3, 0.4) is 0 Å². The fourth-order valence-electron chi connectivity index (χ4n) is 4.68. The number of aryl methyl sites for hydroxylation is 3. The summed E-state index contributed by atoms with van der Waals surface area (Å²) in [6, 6.07) is 0. The Kier molecular flexibility index (Phi) is 22.5. The Morgan fingerprint density at radius 3 is 1.56 bits per heavy atom. The summed E-state index contributed by atoms with van der Waals surface area (Å²) in [6.07, 6.45) is 8.88. The molecule has 6 heterocycles. The van der Waals surface area contributed by atoms with E-state index in [1.54, 1.807) is 27.4 Å². The van der Waals surface area contributed by atoms with E-state index in [2.05, 4.69) is 155 Å². The SMILES string of the molecule is CC(C)C1=NC([Si](C)(C)C)N=N1.CC(C)c1cn(C)nn1.CC(C)c1ncn[nH]1.CCOCn1cc(C(C)C)nn1.COCn1cc(C(C)C)nn1.[2H]C([2H])([2H])n1cc(C(C)C)c(C)n1. The largest absolute Gasteiger partial charge is 0.362 e. The van der Waals surface area contributed by atoms with E-state index < -0.39 is 15.0 Å². The molecular weight excluding hydrogens is 803 g/mol. The first-order valence-electron chi connectivity index (χ1n) is 22.8. The first-order chi connectivity index (χ1) is 30.2. The van der Waals surface area contributed by atoms with Gasteiger partial charge >= 0.3 is 0 Å². The van der Waals surface area contributed by atoms with Crippen LogP contribution in [0, 0.1) is 12.8 Å². The minimum absolute atomic E-state index is 0.162. The topological polar surface area (TPSA) is 207 Å².